The minimum absolute atomic E-state index is 0.384. The van der Waals surface area contributed by atoms with Crippen LogP contribution in [0, 0.1) is 0 Å². The van der Waals surface area contributed by atoms with Crippen molar-refractivity contribution in [3.63, 3.8) is 0 Å². The highest BCUT2D eigenvalue weighted by Gasteiger charge is 2.06. The van der Waals surface area contributed by atoms with Crippen LogP contribution in [0.2, 0.25) is 0 Å². The number of esters is 1. The average molecular weight is 190 g/mol. The highest BCUT2D eigenvalue weighted by atomic mass is 28.3. The second-order valence-electron chi connectivity index (χ2n) is 1.99. The van der Waals surface area contributed by atoms with E-state index >= 15 is 0 Å². The Morgan fingerprint density at radius 1 is 1.75 bits per heavy atom. The number of carbonyl (C=O) groups excluding carboxylic acids is 1. The van der Waals surface area contributed by atoms with Crippen molar-refractivity contribution < 1.29 is 18.4 Å². The average Bonchev–Trinajstić information content (AvgIpc) is 2.02. The molecule has 0 aliphatic rings. The van der Waals surface area contributed by atoms with Gasteiger partial charge in [-0.05, 0) is 13.0 Å². The number of rotatable bonds is 6. The highest BCUT2D eigenvalue weighted by Crippen LogP contribution is 1.95. The summed E-state index contributed by atoms with van der Waals surface area (Å²) in [5, 5.41) is 0. The Balaban J connectivity index is 3.53. The third-order valence-corrected chi connectivity index (χ3v) is 2.03. The van der Waals surface area contributed by atoms with Gasteiger partial charge in [0.15, 0.2) is 0 Å². The van der Waals surface area contributed by atoms with Crippen LogP contribution < -0.4 is 0 Å². The molecular formula is C7H14O4Si. The third-order valence-electron chi connectivity index (χ3n) is 0.994. The van der Waals surface area contributed by atoms with Crippen LogP contribution in [0.5, 0.6) is 0 Å². The van der Waals surface area contributed by atoms with E-state index in [0.29, 0.717) is 6.61 Å². The minimum atomic E-state index is -1.04. The molecule has 0 aromatic rings. The number of carbonyl (C=O) groups is 1. The van der Waals surface area contributed by atoms with Crippen LogP contribution in [0.1, 0.15) is 13.8 Å². The molecule has 0 rings (SSSR count). The van der Waals surface area contributed by atoms with E-state index < -0.39 is 16.3 Å². The first-order valence-corrected chi connectivity index (χ1v) is 4.85. The monoisotopic (exact) mass is 190 g/mol. The fourth-order valence-corrected chi connectivity index (χ4v) is 1.11. The first kappa shape index (κ1) is 11.3. The largest absolute Gasteiger partial charge is 0.433 e. The zero-order valence-electron chi connectivity index (χ0n) is 7.41. The molecule has 0 radical (unpaired) electrons. The van der Waals surface area contributed by atoms with Gasteiger partial charge in [0, 0.05) is 13.5 Å². The van der Waals surface area contributed by atoms with E-state index in [4.69, 9.17) is 13.6 Å². The van der Waals surface area contributed by atoms with Gasteiger partial charge in [-0.3, -0.25) is 4.79 Å². The molecule has 0 bridgehead atoms. The lowest BCUT2D eigenvalue weighted by molar-refractivity contribution is -0.155. The molecule has 5 heteroatoms. The molecule has 0 spiro atoms. The van der Waals surface area contributed by atoms with Crippen LogP contribution in [0.3, 0.4) is 0 Å². The molecule has 0 aliphatic carbocycles. The summed E-state index contributed by atoms with van der Waals surface area (Å²) in [6, 6.07) is 0. The topological polar surface area (TPSA) is 44.8 Å². The summed E-state index contributed by atoms with van der Waals surface area (Å²) >= 11 is 0. The van der Waals surface area contributed by atoms with Crippen LogP contribution in [0.25, 0.3) is 0 Å². The van der Waals surface area contributed by atoms with Gasteiger partial charge in [0.2, 0.25) is 6.29 Å². The molecule has 0 heterocycles. The SMILES string of the molecule is C=CC(O[SiH2]OCC)OC(C)=O. The highest BCUT2D eigenvalue weighted by molar-refractivity contribution is 6.18. The summed E-state index contributed by atoms with van der Waals surface area (Å²) in [6.07, 6.45) is 0.772. The summed E-state index contributed by atoms with van der Waals surface area (Å²) in [6.45, 7) is 7.28. The van der Waals surface area contributed by atoms with Crippen molar-refractivity contribution in [3.8, 4) is 0 Å². The molecule has 1 unspecified atom stereocenters. The Morgan fingerprint density at radius 2 is 2.42 bits per heavy atom. The predicted molar refractivity (Wildman–Crippen MR) is 47.0 cm³/mol. The van der Waals surface area contributed by atoms with E-state index in [1.165, 1.54) is 13.0 Å². The zero-order valence-corrected chi connectivity index (χ0v) is 8.82. The number of ether oxygens (including phenoxy) is 1. The Bertz CT molecular complexity index is 148. The molecule has 0 fully saturated rings. The number of hydrogen-bond acceptors (Lipinski definition) is 4. The Kier molecular flexibility index (Phi) is 6.64. The van der Waals surface area contributed by atoms with Crippen molar-refractivity contribution in [1.82, 2.24) is 0 Å². The van der Waals surface area contributed by atoms with Crippen LogP contribution in [-0.4, -0.2) is 28.9 Å². The van der Waals surface area contributed by atoms with Crippen molar-refractivity contribution in [2.45, 2.75) is 20.1 Å². The maximum Gasteiger partial charge on any atom is 0.308 e. The van der Waals surface area contributed by atoms with Crippen molar-refractivity contribution >= 4 is 16.0 Å². The summed E-state index contributed by atoms with van der Waals surface area (Å²) in [5.74, 6) is -0.384. The zero-order chi connectivity index (χ0) is 9.40. The predicted octanol–water partition coefficient (Wildman–Crippen LogP) is 0.113. The fourth-order valence-electron chi connectivity index (χ4n) is 0.512. The van der Waals surface area contributed by atoms with Gasteiger partial charge in [0.05, 0.1) is 0 Å². The lowest BCUT2D eigenvalue weighted by atomic mass is 10.6. The molecule has 0 aromatic heterocycles. The molecule has 0 saturated heterocycles. The molecule has 0 amide bonds. The Hall–Kier alpha value is -0.653. The van der Waals surface area contributed by atoms with E-state index in [-0.39, 0.29) is 5.97 Å². The molecule has 4 nitrogen and oxygen atoms in total. The summed E-state index contributed by atoms with van der Waals surface area (Å²) in [5.41, 5.74) is 0. The Labute approximate surface area is 74.6 Å². The first-order chi connectivity index (χ1) is 5.70. The standard InChI is InChI=1S/C7H14O4Si/c1-4-7(10-6(3)8)11-12-9-5-2/h4,7H,1,5,12H2,2-3H3. The summed E-state index contributed by atoms with van der Waals surface area (Å²) in [4.78, 5) is 10.5. The van der Waals surface area contributed by atoms with E-state index in [1.54, 1.807) is 0 Å². The second-order valence-corrected chi connectivity index (χ2v) is 2.97. The maximum absolute atomic E-state index is 10.5. The minimum Gasteiger partial charge on any atom is -0.433 e. The Morgan fingerprint density at radius 3 is 2.83 bits per heavy atom. The molecule has 12 heavy (non-hydrogen) atoms. The van der Waals surface area contributed by atoms with Gasteiger partial charge in [-0.1, -0.05) is 6.58 Å². The second kappa shape index (κ2) is 7.02. The van der Waals surface area contributed by atoms with Gasteiger partial charge in [0.25, 0.3) is 0 Å². The quantitative estimate of drug-likeness (QED) is 0.196. The molecule has 0 aliphatic heterocycles. The van der Waals surface area contributed by atoms with Crippen LogP contribution >= 0.6 is 0 Å². The maximum atomic E-state index is 10.5. The van der Waals surface area contributed by atoms with Crippen molar-refractivity contribution in [2.24, 2.45) is 0 Å². The van der Waals surface area contributed by atoms with E-state index in [1.807, 2.05) is 6.92 Å². The molecular weight excluding hydrogens is 176 g/mol. The van der Waals surface area contributed by atoms with Crippen molar-refractivity contribution in [1.29, 1.82) is 0 Å². The van der Waals surface area contributed by atoms with Crippen LogP contribution in [0.15, 0.2) is 12.7 Å². The van der Waals surface area contributed by atoms with Gasteiger partial charge in [-0.25, -0.2) is 0 Å². The number of hydrogen-bond donors (Lipinski definition) is 0. The lowest BCUT2D eigenvalue weighted by Gasteiger charge is -2.12. The van der Waals surface area contributed by atoms with Crippen molar-refractivity contribution in [2.75, 3.05) is 6.61 Å². The van der Waals surface area contributed by atoms with Crippen LogP contribution in [0.4, 0.5) is 0 Å². The summed E-state index contributed by atoms with van der Waals surface area (Å²) in [7, 11) is -1.04. The summed E-state index contributed by atoms with van der Waals surface area (Å²) < 4.78 is 14.8. The van der Waals surface area contributed by atoms with E-state index in [9.17, 15) is 4.79 Å². The molecule has 0 aromatic carbocycles. The molecule has 70 valence electrons. The first-order valence-electron chi connectivity index (χ1n) is 3.69. The van der Waals surface area contributed by atoms with E-state index in [2.05, 4.69) is 6.58 Å². The van der Waals surface area contributed by atoms with Gasteiger partial charge in [0.1, 0.15) is 0 Å². The lowest BCUT2D eigenvalue weighted by Crippen LogP contribution is -2.20. The molecule has 0 saturated carbocycles. The van der Waals surface area contributed by atoms with E-state index in [0.717, 1.165) is 0 Å². The normalized spacial score (nSPS) is 13.2. The van der Waals surface area contributed by atoms with Gasteiger partial charge in [-0.2, -0.15) is 0 Å². The van der Waals surface area contributed by atoms with Gasteiger partial charge < -0.3 is 13.6 Å². The van der Waals surface area contributed by atoms with Gasteiger partial charge >= 0.3 is 16.0 Å². The third kappa shape index (κ3) is 6.08. The fraction of sp³-hybridized carbons (Fsp3) is 0.571. The smallest absolute Gasteiger partial charge is 0.308 e. The molecule has 1 atom stereocenters. The van der Waals surface area contributed by atoms with Crippen LogP contribution in [-0.2, 0) is 18.4 Å². The van der Waals surface area contributed by atoms with Gasteiger partial charge in [-0.15, -0.1) is 0 Å². The van der Waals surface area contributed by atoms with Crippen molar-refractivity contribution in [3.05, 3.63) is 12.7 Å². The molecule has 0 N–H and O–H groups in total.